The van der Waals surface area contributed by atoms with Gasteiger partial charge in [0.05, 0.1) is 0 Å². The average molecular weight is 427 g/mol. The number of carbonyl (C=O) groups is 1. The molecule has 1 amide bonds. The van der Waals surface area contributed by atoms with E-state index in [-0.39, 0.29) is 17.5 Å². The van der Waals surface area contributed by atoms with Gasteiger partial charge in [0.1, 0.15) is 11.1 Å². The number of rotatable bonds is 4. The number of amides is 1. The number of nitrogens with zero attached hydrogens (tertiary/aromatic N) is 1. The molecule has 1 N–H and O–H groups in total. The molecule has 0 radical (unpaired) electrons. The molecule has 0 spiro atoms. The first-order chi connectivity index (χ1) is 13.1. The maximum Gasteiger partial charge on any atom is 0.349 e. The van der Waals surface area contributed by atoms with Gasteiger partial charge in [0, 0.05) is 35.5 Å². The fourth-order valence-electron chi connectivity index (χ4n) is 3.45. The van der Waals surface area contributed by atoms with Crippen LogP contribution in [0, 0.1) is 0 Å². The first kappa shape index (κ1) is 17.9. The van der Waals surface area contributed by atoms with Crippen LogP contribution < -0.4 is 10.9 Å². The monoisotopic (exact) mass is 426 g/mol. The molecule has 1 aliphatic heterocycles. The maximum atomic E-state index is 12.6. The van der Waals surface area contributed by atoms with Crippen molar-refractivity contribution in [2.45, 2.75) is 19.0 Å². The van der Waals surface area contributed by atoms with Crippen LogP contribution in [0.1, 0.15) is 22.3 Å². The summed E-state index contributed by atoms with van der Waals surface area (Å²) in [6.45, 7) is 2.55. The first-order valence-corrected chi connectivity index (χ1v) is 9.68. The minimum atomic E-state index is -0.610. The Morgan fingerprint density at radius 2 is 2.00 bits per heavy atom. The van der Waals surface area contributed by atoms with Gasteiger partial charge in [-0.3, -0.25) is 9.69 Å². The second kappa shape index (κ2) is 7.66. The highest BCUT2D eigenvalue weighted by molar-refractivity contribution is 9.10. The third kappa shape index (κ3) is 4.12. The molecule has 1 aromatic heterocycles. The van der Waals surface area contributed by atoms with Gasteiger partial charge in [-0.15, -0.1) is 0 Å². The summed E-state index contributed by atoms with van der Waals surface area (Å²) in [6, 6.07) is 17.2. The smallest absolute Gasteiger partial charge is 0.349 e. The Balaban J connectivity index is 1.44. The van der Waals surface area contributed by atoms with Crippen LogP contribution in [0.5, 0.6) is 0 Å². The highest BCUT2D eigenvalue weighted by Crippen LogP contribution is 2.20. The lowest BCUT2D eigenvalue weighted by Crippen LogP contribution is -2.38. The first-order valence-electron chi connectivity index (χ1n) is 8.89. The van der Waals surface area contributed by atoms with Gasteiger partial charge in [-0.05, 0) is 36.2 Å². The Labute approximate surface area is 165 Å². The van der Waals surface area contributed by atoms with Crippen molar-refractivity contribution in [3.63, 3.8) is 0 Å². The van der Waals surface area contributed by atoms with E-state index in [4.69, 9.17) is 4.42 Å². The molecule has 27 heavy (non-hydrogen) atoms. The molecule has 6 heteroatoms. The van der Waals surface area contributed by atoms with Crippen molar-refractivity contribution in [2.24, 2.45) is 0 Å². The molecule has 2 heterocycles. The van der Waals surface area contributed by atoms with Gasteiger partial charge in [-0.2, -0.15) is 0 Å². The lowest BCUT2D eigenvalue weighted by Gasteiger charge is -2.16. The average Bonchev–Trinajstić information content (AvgIpc) is 3.09. The SMILES string of the molecule is O=C(NC1CCN(Cc2ccccc2)C1)c1cc2cc(Br)ccc2oc1=O. The molecule has 1 aliphatic rings. The van der Waals surface area contributed by atoms with Gasteiger partial charge in [-0.25, -0.2) is 4.79 Å². The Hall–Kier alpha value is -2.44. The Kier molecular flexibility index (Phi) is 5.09. The number of hydrogen-bond acceptors (Lipinski definition) is 4. The molecule has 1 saturated heterocycles. The fourth-order valence-corrected chi connectivity index (χ4v) is 3.83. The molecular formula is C21H19BrN2O3. The van der Waals surface area contributed by atoms with Crippen LogP contribution in [0.2, 0.25) is 0 Å². The predicted octanol–water partition coefficient (Wildman–Crippen LogP) is 3.56. The van der Waals surface area contributed by atoms with Crippen molar-refractivity contribution in [3.8, 4) is 0 Å². The van der Waals surface area contributed by atoms with Crippen molar-refractivity contribution in [1.29, 1.82) is 0 Å². The number of hydrogen-bond donors (Lipinski definition) is 1. The van der Waals surface area contributed by atoms with E-state index in [0.717, 1.165) is 30.5 Å². The zero-order valence-electron chi connectivity index (χ0n) is 14.7. The lowest BCUT2D eigenvalue weighted by molar-refractivity contribution is 0.0934. The summed E-state index contributed by atoms with van der Waals surface area (Å²) in [5.41, 5.74) is 1.16. The Morgan fingerprint density at radius 1 is 1.19 bits per heavy atom. The van der Waals surface area contributed by atoms with E-state index in [1.165, 1.54) is 5.56 Å². The van der Waals surface area contributed by atoms with Gasteiger partial charge < -0.3 is 9.73 Å². The van der Waals surface area contributed by atoms with Crippen LogP contribution in [0.3, 0.4) is 0 Å². The van der Waals surface area contributed by atoms with Crippen LogP contribution >= 0.6 is 15.9 Å². The van der Waals surface area contributed by atoms with Crippen molar-refractivity contribution in [2.75, 3.05) is 13.1 Å². The molecular weight excluding hydrogens is 408 g/mol. The van der Waals surface area contributed by atoms with Crippen molar-refractivity contribution in [3.05, 3.63) is 80.6 Å². The number of carbonyl (C=O) groups excluding carboxylic acids is 1. The fraction of sp³-hybridized carbons (Fsp3) is 0.238. The summed E-state index contributed by atoms with van der Waals surface area (Å²) in [5.74, 6) is -0.378. The predicted molar refractivity (Wildman–Crippen MR) is 108 cm³/mol. The van der Waals surface area contributed by atoms with Crippen LogP contribution in [0.15, 0.2) is 68.3 Å². The third-order valence-corrected chi connectivity index (χ3v) is 5.29. The standard InChI is InChI=1S/C21H19BrN2O3/c22-16-6-7-19-15(10-16)11-18(21(26)27-19)20(25)23-17-8-9-24(13-17)12-14-4-2-1-3-5-14/h1-7,10-11,17H,8-9,12-13H2,(H,23,25). The van der Waals surface area contributed by atoms with E-state index in [1.54, 1.807) is 18.2 Å². The lowest BCUT2D eigenvalue weighted by atomic mass is 10.1. The Morgan fingerprint density at radius 3 is 2.81 bits per heavy atom. The van der Waals surface area contributed by atoms with Crippen LogP contribution in [0.25, 0.3) is 11.0 Å². The van der Waals surface area contributed by atoms with E-state index in [1.807, 2.05) is 24.3 Å². The molecule has 0 saturated carbocycles. The van der Waals surface area contributed by atoms with Gasteiger partial charge in [0.25, 0.3) is 5.91 Å². The summed E-state index contributed by atoms with van der Waals surface area (Å²) >= 11 is 3.39. The summed E-state index contributed by atoms with van der Waals surface area (Å²) in [6.07, 6.45) is 0.864. The highest BCUT2D eigenvalue weighted by atomic mass is 79.9. The zero-order valence-corrected chi connectivity index (χ0v) is 16.2. The molecule has 1 unspecified atom stereocenters. The van der Waals surface area contributed by atoms with Gasteiger partial charge in [0.2, 0.25) is 0 Å². The van der Waals surface area contributed by atoms with Gasteiger partial charge >= 0.3 is 5.63 Å². The van der Waals surface area contributed by atoms with Crippen molar-refractivity contribution in [1.82, 2.24) is 10.2 Å². The number of fused-ring (bicyclic) bond motifs is 1. The zero-order chi connectivity index (χ0) is 18.8. The van der Waals surface area contributed by atoms with Crippen LogP contribution in [0.4, 0.5) is 0 Å². The summed E-state index contributed by atoms with van der Waals surface area (Å²) in [7, 11) is 0. The quantitative estimate of drug-likeness (QED) is 0.647. The van der Waals surface area contributed by atoms with Crippen molar-refractivity contribution < 1.29 is 9.21 Å². The normalized spacial score (nSPS) is 17.3. The van der Waals surface area contributed by atoms with E-state index >= 15 is 0 Å². The largest absolute Gasteiger partial charge is 0.422 e. The minimum Gasteiger partial charge on any atom is -0.422 e. The summed E-state index contributed by atoms with van der Waals surface area (Å²) < 4.78 is 6.15. The topological polar surface area (TPSA) is 62.6 Å². The molecule has 5 nitrogen and oxygen atoms in total. The molecule has 1 atom stereocenters. The summed E-state index contributed by atoms with van der Waals surface area (Å²) in [4.78, 5) is 27.1. The minimum absolute atomic E-state index is 0.0267. The highest BCUT2D eigenvalue weighted by Gasteiger charge is 2.25. The molecule has 3 aromatic rings. The third-order valence-electron chi connectivity index (χ3n) is 4.80. The maximum absolute atomic E-state index is 12.6. The molecule has 4 rings (SSSR count). The number of halogens is 1. The van der Waals surface area contributed by atoms with E-state index < -0.39 is 5.63 Å². The molecule has 0 bridgehead atoms. The summed E-state index contributed by atoms with van der Waals surface area (Å²) in [5, 5.41) is 3.69. The number of likely N-dealkylation sites (tertiary alicyclic amines) is 1. The van der Waals surface area contributed by atoms with E-state index in [2.05, 4.69) is 38.3 Å². The van der Waals surface area contributed by atoms with Gasteiger partial charge in [0.15, 0.2) is 0 Å². The number of benzene rings is 2. The Bertz CT molecular complexity index is 1030. The number of nitrogens with one attached hydrogen (secondary N) is 1. The second-order valence-electron chi connectivity index (χ2n) is 6.81. The second-order valence-corrected chi connectivity index (χ2v) is 7.73. The molecule has 138 valence electrons. The van der Waals surface area contributed by atoms with Crippen LogP contribution in [-0.2, 0) is 6.54 Å². The van der Waals surface area contributed by atoms with Crippen LogP contribution in [-0.4, -0.2) is 29.9 Å². The molecule has 1 fully saturated rings. The van der Waals surface area contributed by atoms with Crippen molar-refractivity contribution >= 4 is 32.8 Å². The van der Waals surface area contributed by atoms with Gasteiger partial charge in [-0.1, -0.05) is 46.3 Å². The molecule has 0 aliphatic carbocycles. The van der Waals surface area contributed by atoms with E-state index in [0.29, 0.717) is 11.0 Å². The van der Waals surface area contributed by atoms with E-state index in [9.17, 15) is 9.59 Å². The molecule has 2 aromatic carbocycles.